The van der Waals surface area contributed by atoms with Crippen LogP contribution in [0, 0.1) is 0 Å². The molecule has 1 fully saturated rings. The van der Waals surface area contributed by atoms with Gasteiger partial charge in [-0.15, -0.1) is 0 Å². The van der Waals surface area contributed by atoms with E-state index in [1.807, 2.05) is 0 Å². The van der Waals surface area contributed by atoms with Crippen LogP contribution in [0.4, 0.5) is 43.8 Å². The fourth-order valence-corrected chi connectivity index (χ4v) is 3.04. The number of nitrogens with one attached hydrogen (secondary N) is 2. The molecule has 2 N–H and O–H groups in total. The van der Waals surface area contributed by atoms with E-state index in [0.717, 1.165) is 62.4 Å². The zero-order valence-electron chi connectivity index (χ0n) is 14.7. The molecule has 0 amide bonds. The van der Waals surface area contributed by atoms with Crippen LogP contribution in [0.5, 0.6) is 0 Å². The lowest BCUT2D eigenvalue weighted by Crippen LogP contribution is -2.24. The molecule has 1 saturated carbocycles. The highest BCUT2D eigenvalue weighted by atomic mass is 19.4. The second kappa shape index (κ2) is 7.84. The van der Waals surface area contributed by atoms with E-state index in [0.29, 0.717) is 0 Å². The van der Waals surface area contributed by atoms with Crippen LogP contribution in [0.1, 0.15) is 43.4 Å². The standard InChI is InChI=1S/C18H18F6N4/c19-17(20,21)11-6-8-13(9-7-11)25-15-10-14(18(22,23)24)27-16(28-15)26-12-4-2-1-3-5-12/h6-10,12H,1-5H2,(H2,25,26,27,28). The van der Waals surface area contributed by atoms with Gasteiger partial charge in [0, 0.05) is 17.8 Å². The second-order valence-electron chi connectivity index (χ2n) is 6.64. The summed E-state index contributed by atoms with van der Waals surface area (Å²) in [6, 6.07) is 4.67. The van der Waals surface area contributed by atoms with Crippen molar-refractivity contribution in [2.45, 2.75) is 50.5 Å². The van der Waals surface area contributed by atoms with Crippen LogP contribution in [0.15, 0.2) is 30.3 Å². The Hall–Kier alpha value is -2.52. The molecule has 0 spiro atoms. The summed E-state index contributed by atoms with van der Waals surface area (Å²) < 4.78 is 77.4. The lowest BCUT2D eigenvalue weighted by atomic mass is 9.96. The quantitative estimate of drug-likeness (QED) is 0.614. The lowest BCUT2D eigenvalue weighted by molar-refractivity contribution is -0.141. The van der Waals surface area contributed by atoms with Gasteiger partial charge in [-0.1, -0.05) is 19.3 Å². The Bertz CT molecular complexity index is 795. The molecule has 0 radical (unpaired) electrons. The Morgan fingerprint density at radius 1 is 0.821 bits per heavy atom. The summed E-state index contributed by atoms with van der Waals surface area (Å²) in [5.41, 5.74) is -1.80. The van der Waals surface area contributed by atoms with Gasteiger partial charge < -0.3 is 10.6 Å². The number of halogens is 6. The molecule has 0 saturated heterocycles. The third kappa shape index (κ3) is 5.26. The molecule has 1 aromatic heterocycles. The molecular weight excluding hydrogens is 386 g/mol. The molecule has 4 nitrogen and oxygen atoms in total. The Kier molecular flexibility index (Phi) is 5.66. The number of alkyl halides is 6. The van der Waals surface area contributed by atoms with Crippen LogP contribution < -0.4 is 10.6 Å². The van der Waals surface area contributed by atoms with Gasteiger partial charge in [-0.3, -0.25) is 0 Å². The van der Waals surface area contributed by atoms with Gasteiger partial charge in [0.05, 0.1) is 5.56 Å². The topological polar surface area (TPSA) is 49.8 Å². The third-order valence-corrected chi connectivity index (χ3v) is 4.44. The average molecular weight is 404 g/mol. The summed E-state index contributed by atoms with van der Waals surface area (Å²) in [6.45, 7) is 0. The first-order chi connectivity index (χ1) is 13.1. The van der Waals surface area contributed by atoms with Gasteiger partial charge >= 0.3 is 12.4 Å². The zero-order chi connectivity index (χ0) is 20.4. The molecule has 1 heterocycles. The highest BCUT2D eigenvalue weighted by Crippen LogP contribution is 2.32. The lowest BCUT2D eigenvalue weighted by Gasteiger charge is -2.23. The first-order valence-electron chi connectivity index (χ1n) is 8.78. The average Bonchev–Trinajstić information content (AvgIpc) is 2.61. The molecule has 28 heavy (non-hydrogen) atoms. The maximum Gasteiger partial charge on any atom is 0.433 e. The molecule has 0 unspecified atom stereocenters. The molecule has 0 atom stereocenters. The maximum atomic E-state index is 13.2. The van der Waals surface area contributed by atoms with Crippen molar-refractivity contribution in [2.75, 3.05) is 10.6 Å². The van der Waals surface area contributed by atoms with Crippen LogP contribution in [-0.2, 0) is 12.4 Å². The summed E-state index contributed by atoms with van der Waals surface area (Å²) >= 11 is 0. The highest BCUT2D eigenvalue weighted by Gasteiger charge is 2.34. The van der Waals surface area contributed by atoms with E-state index in [4.69, 9.17) is 0 Å². The third-order valence-electron chi connectivity index (χ3n) is 4.44. The molecule has 10 heteroatoms. The fraction of sp³-hybridized carbons (Fsp3) is 0.444. The van der Waals surface area contributed by atoms with Gasteiger partial charge in [0.1, 0.15) is 5.82 Å². The molecule has 1 aromatic carbocycles. The molecule has 152 valence electrons. The van der Waals surface area contributed by atoms with Crippen LogP contribution in [0.25, 0.3) is 0 Å². The van der Waals surface area contributed by atoms with Gasteiger partial charge in [-0.05, 0) is 37.1 Å². The fourth-order valence-electron chi connectivity index (χ4n) is 3.04. The predicted octanol–water partition coefficient (Wildman–Crippen LogP) is 6.00. The number of rotatable bonds is 4. The summed E-state index contributed by atoms with van der Waals surface area (Å²) in [6.07, 6.45) is -4.48. The van der Waals surface area contributed by atoms with Gasteiger partial charge in [0.2, 0.25) is 5.95 Å². The highest BCUT2D eigenvalue weighted by molar-refractivity contribution is 5.58. The van der Waals surface area contributed by atoms with Crippen molar-refractivity contribution >= 4 is 17.5 Å². The van der Waals surface area contributed by atoms with E-state index < -0.39 is 23.6 Å². The number of hydrogen-bond donors (Lipinski definition) is 2. The smallest absolute Gasteiger partial charge is 0.351 e. The Morgan fingerprint density at radius 2 is 1.46 bits per heavy atom. The van der Waals surface area contributed by atoms with Crippen molar-refractivity contribution in [3.8, 4) is 0 Å². The summed E-state index contributed by atoms with van der Waals surface area (Å²) in [5.74, 6) is -0.309. The van der Waals surface area contributed by atoms with Crippen molar-refractivity contribution in [1.82, 2.24) is 9.97 Å². The second-order valence-corrected chi connectivity index (χ2v) is 6.64. The monoisotopic (exact) mass is 404 g/mol. The molecule has 0 bridgehead atoms. The van der Waals surface area contributed by atoms with Crippen molar-refractivity contribution < 1.29 is 26.3 Å². The summed E-state index contributed by atoms with van der Waals surface area (Å²) in [4.78, 5) is 7.60. The molecule has 0 aliphatic heterocycles. The molecule has 2 aromatic rings. The number of hydrogen-bond acceptors (Lipinski definition) is 4. The van der Waals surface area contributed by atoms with Gasteiger partial charge in [-0.25, -0.2) is 4.98 Å². The molecule has 1 aliphatic rings. The number of anilines is 3. The summed E-state index contributed by atoms with van der Waals surface area (Å²) in [5, 5.41) is 5.55. The Morgan fingerprint density at radius 3 is 2.04 bits per heavy atom. The van der Waals surface area contributed by atoms with Crippen LogP contribution in [-0.4, -0.2) is 16.0 Å². The van der Waals surface area contributed by atoms with Crippen LogP contribution in [0.2, 0.25) is 0 Å². The minimum atomic E-state index is -4.68. The molecular formula is C18H18F6N4. The van der Waals surface area contributed by atoms with Gasteiger partial charge in [0.15, 0.2) is 5.69 Å². The van der Waals surface area contributed by atoms with Crippen molar-refractivity contribution in [3.63, 3.8) is 0 Å². The van der Waals surface area contributed by atoms with Crippen LogP contribution in [0.3, 0.4) is 0 Å². The number of aromatic nitrogens is 2. The summed E-state index contributed by atoms with van der Waals surface area (Å²) in [7, 11) is 0. The van der Waals surface area contributed by atoms with Gasteiger partial charge in [0.25, 0.3) is 0 Å². The SMILES string of the molecule is FC(F)(F)c1ccc(Nc2cc(C(F)(F)F)nc(NC3CCCCC3)n2)cc1. The number of benzene rings is 1. The largest absolute Gasteiger partial charge is 0.433 e. The van der Waals surface area contributed by atoms with Crippen molar-refractivity contribution in [3.05, 3.63) is 41.6 Å². The minimum Gasteiger partial charge on any atom is -0.351 e. The van der Waals surface area contributed by atoms with Crippen LogP contribution >= 0.6 is 0 Å². The zero-order valence-corrected chi connectivity index (χ0v) is 14.7. The first-order valence-corrected chi connectivity index (χ1v) is 8.78. The van der Waals surface area contributed by atoms with Gasteiger partial charge in [-0.2, -0.15) is 31.3 Å². The van der Waals surface area contributed by atoms with E-state index in [1.165, 1.54) is 0 Å². The first kappa shape index (κ1) is 20.2. The van der Waals surface area contributed by atoms with E-state index in [-0.39, 0.29) is 23.5 Å². The van der Waals surface area contributed by atoms with E-state index >= 15 is 0 Å². The number of nitrogens with zero attached hydrogens (tertiary/aromatic N) is 2. The van der Waals surface area contributed by atoms with Crippen molar-refractivity contribution in [1.29, 1.82) is 0 Å². The Labute approximate surface area is 157 Å². The van der Waals surface area contributed by atoms with Crippen molar-refractivity contribution in [2.24, 2.45) is 0 Å². The molecule has 1 aliphatic carbocycles. The Balaban J connectivity index is 1.83. The molecule has 3 rings (SSSR count). The van der Waals surface area contributed by atoms with E-state index in [1.54, 1.807) is 0 Å². The minimum absolute atomic E-state index is 0.00356. The van der Waals surface area contributed by atoms with E-state index in [9.17, 15) is 26.3 Å². The maximum absolute atomic E-state index is 13.2. The predicted molar refractivity (Wildman–Crippen MR) is 92.3 cm³/mol. The normalized spacial score (nSPS) is 16.1. The van der Waals surface area contributed by atoms with E-state index in [2.05, 4.69) is 20.6 Å².